The molecule has 3 nitrogen and oxygen atoms in total. The van der Waals surface area contributed by atoms with Crippen LogP contribution >= 0.6 is 0 Å². The summed E-state index contributed by atoms with van der Waals surface area (Å²) in [6.07, 6.45) is 20.7. The summed E-state index contributed by atoms with van der Waals surface area (Å²) < 4.78 is 0. The van der Waals surface area contributed by atoms with Crippen LogP contribution in [0.25, 0.3) is 5.57 Å². The van der Waals surface area contributed by atoms with E-state index in [-0.39, 0.29) is 10.8 Å². The maximum absolute atomic E-state index is 9.41. The summed E-state index contributed by atoms with van der Waals surface area (Å²) in [5.74, 6) is 1.31. The number of hydrogen-bond donors (Lipinski definition) is 1. The Morgan fingerprint density at radius 3 is 2.67 bits per heavy atom. The molecule has 1 spiro atoms. The molecule has 0 aliphatic heterocycles. The van der Waals surface area contributed by atoms with Gasteiger partial charge in [0.25, 0.3) is 0 Å². The molecule has 3 fully saturated rings. The van der Waals surface area contributed by atoms with E-state index in [0.29, 0.717) is 22.7 Å². The Morgan fingerprint density at radius 2 is 1.97 bits per heavy atom. The van der Waals surface area contributed by atoms with E-state index in [9.17, 15) is 5.21 Å². The Labute approximate surface area is 179 Å². The predicted octanol–water partition coefficient (Wildman–Crippen LogP) is 6.42. The highest BCUT2D eigenvalue weighted by Gasteiger charge is 2.69. The highest BCUT2D eigenvalue weighted by atomic mass is 16.4. The van der Waals surface area contributed by atoms with Crippen LogP contribution in [0.4, 0.5) is 0 Å². The average molecular weight is 401 g/mol. The molecule has 1 heterocycles. The molecule has 0 saturated heterocycles. The molecule has 0 unspecified atom stereocenters. The van der Waals surface area contributed by atoms with Gasteiger partial charge in [0.05, 0.1) is 0 Å². The van der Waals surface area contributed by atoms with Gasteiger partial charge >= 0.3 is 0 Å². The summed E-state index contributed by atoms with van der Waals surface area (Å²) in [5, 5.41) is 12.9. The zero-order valence-electron chi connectivity index (χ0n) is 18.4. The van der Waals surface area contributed by atoms with Crippen molar-refractivity contribution in [3.8, 4) is 0 Å². The normalized spacial score (nSPS) is 44.2. The van der Waals surface area contributed by atoms with E-state index in [1.807, 2.05) is 12.3 Å². The monoisotopic (exact) mass is 400 g/mol. The van der Waals surface area contributed by atoms with E-state index in [2.05, 4.69) is 67.5 Å². The van der Waals surface area contributed by atoms with Gasteiger partial charge < -0.3 is 5.21 Å². The molecule has 30 heavy (non-hydrogen) atoms. The fourth-order valence-electron chi connectivity index (χ4n) is 8.65. The van der Waals surface area contributed by atoms with Crippen LogP contribution in [0.5, 0.6) is 0 Å². The third-order valence-corrected chi connectivity index (χ3v) is 9.92. The largest absolute Gasteiger partial charge is 0.410 e. The number of allylic oxidation sites excluding steroid dienone is 6. The third-order valence-electron chi connectivity index (χ3n) is 9.92. The first-order valence-corrected chi connectivity index (χ1v) is 11.6. The number of aromatic nitrogens is 1. The molecular formula is C27H32N2O. The molecule has 0 amide bonds. The van der Waals surface area contributed by atoms with E-state index < -0.39 is 0 Å². The fraction of sp³-hybridized carbons (Fsp3) is 0.556. The molecule has 0 bridgehead atoms. The van der Waals surface area contributed by atoms with Gasteiger partial charge in [-0.2, -0.15) is 0 Å². The third kappa shape index (κ3) is 2.16. The number of rotatable bonds is 1. The van der Waals surface area contributed by atoms with Gasteiger partial charge in [0, 0.05) is 17.8 Å². The Balaban J connectivity index is 1.44. The van der Waals surface area contributed by atoms with Crippen LogP contribution in [-0.2, 0) is 0 Å². The van der Waals surface area contributed by atoms with Crippen molar-refractivity contribution in [3.63, 3.8) is 0 Å². The molecule has 1 aromatic rings. The molecule has 1 N–H and O–H groups in total. The number of fused-ring (bicyclic) bond motifs is 6. The van der Waals surface area contributed by atoms with Crippen molar-refractivity contribution in [2.45, 2.75) is 59.3 Å². The summed E-state index contributed by atoms with van der Waals surface area (Å²) in [5.41, 5.74) is 6.06. The topological polar surface area (TPSA) is 45.5 Å². The Kier molecular flexibility index (Phi) is 3.56. The smallest absolute Gasteiger partial charge is 0.102 e. The zero-order chi connectivity index (χ0) is 20.8. The van der Waals surface area contributed by atoms with Crippen LogP contribution in [0.15, 0.2) is 59.6 Å². The predicted molar refractivity (Wildman–Crippen MR) is 120 cm³/mol. The van der Waals surface area contributed by atoms with Crippen molar-refractivity contribution in [2.75, 3.05) is 0 Å². The summed E-state index contributed by atoms with van der Waals surface area (Å²) in [4.78, 5) is 4.42. The second kappa shape index (κ2) is 5.75. The minimum atomic E-state index is 0.0794. The van der Waals surface area contributed by atoms with E-state index in [1.165, 1.54) is 49.7 Å². The Morgan fingerprint density at radius 1 is 1.13 bits per heavy atom. The van der Waals surface area contributed by atoms with Crippen molar-refractivity contribution in [1.82, 2.24) is 4.98 Å². The number of hydrogen-bond acceptors (Lipinski definition) is 3. The van der Waals surface area contributed by atoms with Crippen molar-refractivity contribution in [1.29, 1.82) is 0 Å². The van der Waals surface area contributed by atoms with Crippen LogP contribution in [0, 0.1) is 33.5 Å². The second-order valence-electron chi connectivity index (χ2n) is 11.3. The minimum Gasteiger partial charge on any atom is -0.410 e. The van der Waals surface area contributed by atoms with Gasteiger partial charge in [0.2, 0.25) is 0 Å². The lowest BCUT2D eigenvalue weighted by atomic mass is 9.39. The van der Waals surface area contributed by atoms with Crippen LogP contribution in [0.2, 0.25) is 0 Å². The summed E-state index contributed by atoms with van der Waals surface area (Å²) in [7, 11) is 0. The molecule has 5 aliphatic rings. The number of oxime groups is 1. The second-order valence-corrected chi connectivity index (χ2v) is 11.3. The number of nitrogens with zero attached hydrogens (tertiary/aromatic N) is 2. The van der Waals surface area contributed by atoms with E-state index >= 15 is 0 Å². The van der Waals surface area contributed by atoms with Gasteiger partial charge in [-0.3, -0.25) is 4.98 Å². The van der Waals surface area contributed by atoms with Crippen LogP contribution in [-0.4, -0.2) is 15.9 Å². The van der Waals surface area contributed by atoms with Crippen molar-refractivity contribution in [3.05, 3.63) is 60.0 Å². The van der Waals surface area contributed by atoms with Gasteiger partial charge in [0.1, 0.15) is 5.71 Å². The van der Waals surface area contributed by atoms with Gasteiger partial charge in [-0.05, 0) is 96.0 Å². The summed E-state index contributed by atoms with van der Waals surface area (Å²) in [6.45, 7) is 7.62. The molecule has 0 radical (unpaired) electrons. The lowest BCUT2D eigenvalue weighted by Gasteiger charge is -2.64. The lowest BCUT2D eigenvalue weighted by Crippen LogP contribution is -2.57. The standard InChI is InChI=1S/C27H32N2O/c1-24-11-9-22-25(2)10-8-19(29-30)15-23(25)27(12-13-27)17-26(22,3)21(24)7-6-20(24)18-5-4-14-28-16-18/h4-6,8,10,14-16,21-22,30H,7,9,11-13,17H2,1-3H3/b29-19+/t21-,22-,24-,25-,26+/m1/s1. The summed E-state index contributed by atoms with van der Waals surface area (Å²) in [6, 6.07) is 4.32. The molecule has 3 heteroatoms. The van der Waals surface area contributed by atoms with Crippen LogP contribution in [0.3, 0.4) is 0 Å². The quantitative estimate of drug-likeness (QED) is 0.436. The average Bonchev–Trinajstić information content (AvgIpc) is 3.40. The van der Waals surface area contributed by atoms with Gasteiger partial charge in [-0.1, -0.05) is 49.7 Å². The van der Waals surface area contributed by atoms with E-state index in [4.69, 9.17) is 0 Å². The van der Waals surface area contributed by atoms with Gasteiger partial charge in [-0.15, -0.1) is 0 Å². The summed E-state index contributed by atoms with van der Waals surface area (Å²) >= 11 is 0. The van der Waals surface area contributed by atoms with Crippen molar-refractivity contribution >= 4 is 11.3 Å². The zero-order valence-corrected chi connectivity index (χ0v) is 18.4. The molecule has 3 saturated carbocycles. The van der Waals surface area contributed by atoms with Crippen molar-refractivity contribution in [2.24, 2.45) is 38.7 Å². The fourth-order valence-corrected chi connectivity index (χ4v) is 8.65. The first-order valence-electron chi connectivity index (χ1n) is 11.6. The first kappa shape index (κ1) is 18.6. The highest BCUT2D eigenvalue weighted by molar-refractivity contribution is 6.05. The van der Waals surface area contributed by atoms with E-state index in [0.717, 1.165) is 5.71 Å². The number of pyridine rings is 1. The maximum atomic E-state index is 9.41. The maximum Gasteiger partial charge on any atom is 0.102 e. The molecular weight excluding hydrogens is 368 g/mol. The molecule has 5 aliphatic carbocycles. The van der Waals surface area contributed by atoms with E-state index in [1.54, 1.807) is 5.57 Å². The highest BCUT2D eigenvalue weighted by Crippen LogP contribution is 2.78. The lowest BCUT2D eigenvalue weighted by molar-refractivity contribution is -0.0942. The Hall–Kier alpha value is -2.16. The molecule has 156 valence electrons. The molecule has 6 rings (SSSR count). The molecule has 1 aromatic heterocycles. The van der Waals surface area contributed by atoms with Gasteiger partial charge in [0.15, 0.2) is 0 Å². The van der Waals surface area contributed by atoms with Crippen LogP contribution in [0.1, 0.15) is 64.9 Å². The van der Waals surface area contributed by atoms with Crippen LogP contribution < -0.4 is 0 Å². The Bertz CT molecular complexity index is 1030. The van der Waals surface area contributed by atoms with Gasteiger partial charge in [-0.25, -0.2) is 0 Å². The molecule has 0 aromatic carbocycles. The van der Waals surface area contributed by atoms with Crippen molar-refractivity contribution < 1.29 is 5.21 Å². The minimum absolute atomic E-state index is 0.0794. The first-order chi connectivity index (χ1) is 14.4. The molecule has 5 atom stereocenters. The SMILES string of the molecule is C[C@@]12CC3(CC3)C3=C/C(=N/O)C=C[C@]3(C)[C@H]1CC[C@]1(C)C(c3cccnc3)=CC[C@@H]21.